The van der Waals surface area contributed by atoms with E-state index in [0.29, 0.717) is 0 Å². The maximum atomic E-state index is 14.2. The van der Waals surface area contributed by atoms with Gasteiger partial charge in [0.15, 0.2) is 0 Å². The minimum absolute atomic E-state index is 0.174. The molecule has 2 bridgehead atoms. The van der Waals surface area contributed by atoms with E-state index in [1.165, 1.54) is 5.56 Å². The van der Waals surface area contributed by atoms with Crippen LogP contribution in [0.4, 0.5) is 11.4 Å². The van der Waals surface area contributed by atoms with Crippen molar-refractivity contribution in [3.63, 3.8) is 0 Å². The number of hydrogen-bond donors (Lipinski definition) is 2. The monoisotopic (exact) mass is 621 g/mol. The molecule has 1 amide bonds. The van der Waals surface area contributed by atoms with Crippen LogP contribution in [-0.2, 0) is 43.2 Å². The van der Waals surface area contributed by atoms with Gasteiger partial charge < -0.3 is 24.8 Å². The summed E-state index contributed by atoms with van der Waals surface area (Å²) < 4.78 is 17.9. The van der Waals surface area contributed by atoms with Crippen LogP contribution >= 0.6 is 0 Å². The third-order valence-corrected chi connectivity index (χ3v) is 9.08. The smallest absolute Gasteiger partial charge is 0.337 e. The number of aryl methyl sites for hydroxylation is 2. The number of carbonyl (C=O) groups excluding carboxylic acids is 2. The number of morpholine rings is 1. The van der Waals surface area contributed by atoms with Crippen molar-refractivity contribution in [1.29, 1.82) is 0 Å². The van der Waals surface area contributed by atoms with Crippen molar-refractivity contribution >= 4 is 23.3 Å². The number of carbonyl (C=O) groups is 2. The molecule has 240 valence electrons. The van der Waals surface area contributed by atoms with Crippen molar-refractivity contribution in [1.82, 2.24) is 4.90 Å². The molecule has 3 atom stereocenters. The molecule has 8 nitrogen and oxygen atoms in total. The minimum Gasteiger partial charge on any atom is -0.463 e. The summed E-state index contributed by atoms with van der Waals surface area (Å²) in [5.41, 5.74) is 5.11. The Balaban J connectivity index is 1.41. The molecule has 0 aromatic heterocycles. The van der Waals surface area contributed by atoms with Crippen LogP contribution in [0, 0.1) is 0 Å². The van der Waals surface area contributed by atoms with Gasteiger partial charge in [-0.2, -0.15) is 0 Å². The first kappa shape index (κ1) is 31.7. The number of amides is 1. The molecule has 0 spiro atoms. The Morgan fingerprint density at radius 1 is 0.935 bits per heavy atom. The number of hydrogen-bond acceptors (Lipinski definition) is 7. The van der Waals surface area contributed by atoms with E-state index in [2.05, 4.69) is 53.6 Å². The van der Waals surface area contributed by atoms with E-state index in [1.54, 1.807) is 6.92 Å². The number of para-hydroxylation sites is 2. The number of fused-ring (bicyclic) bond motifs is 2. The van der Waals surface area contributed by atoms with E-state index in [-0.39, 0.29) is 23.7 Å². The van der Waals surface area contributed by atoms with Crippen LogP contribution in [0.15, 0.2) is 96.1 Å². The predicted octanol–water partition coefficient (Wildman–Crippen LogP) is 6.00. The molecule has 1 fully saturated rings. The standard InChI is InChI=1S/C38H43N3O5/c1-4-27-11-10-12-28(5-2)34(27)40-36(42)32-31-19-20-38(46-31,33(32)37(43)45-6-3)35(39-30-13-8-7-9-14-30)29-17-15-26(16-18-29)25-41-21-23-44-24-22-41/h7-20,31,35,39H,4-6,21-25H2,1-3H3,(H,40,42)/t31-,35+,38+/m1/s1. The second-order valence-electron chi connectivity index (χ2n) is 11.9. The quantitative estimate of drug-likeness (QED) is 0.189. The van der Waals surface area contributed by atoms with Gasteiger partial charge in [0, 0.05) is 31.0 Å². The average Bonchev–Trinajstić information content (AvgIpc) is 3.67. The summed E-state index contributed by atoms with van der Waals surface area (Å²) >= 11 is 0. The lowest BCUT2D eigenvalue weighted by Gasteiger charge is -2.36. The lowest BCUT2D eigenvalue weighted by Crippen LogP contribution is -2.42. The van der Waals surface area contributed by atoms with Crippen LogP contribution in [-0.4, -0.2) is 61.4 Å². The Bertz CT molecular complexity index is 1590. The zero-order valence-corrected chi connectivity index (χ0v) is 26.9. The Labute approximate surface area is 271 Å². The summed E-state index contributed by atoms with van der Waals surface area (Å²) in [7, 11) is 0. The molecule has 0 radical (unpaired) electrons. The van der Waals surface area contributed by atoms with Crippen molar-refractivity contribution in [2.45, 2.75) is 57.9 Å². The first-order valence-electron chi connectivity index (χ1n) is 16.4. The van der Waals surface area contributed by atoms with E-state index in [1.807, 2.05) is 60.7 Å². The molecule has 0 saturated carbocycles. The van der Waals surface area contributed by atoms with Crippen molar-refractivity contribution in [3.05, 3.63) is 118 Å². The van der Waals surface area contributed by atoms with Crippen LogP contribution < -0.4 is 10.6 Å². The first-order valence-corrected chi connectivity index (χ1v) is 16.4. The van der Waals surface area contributed by atoms with Gasteiger partial charge in [-0.05, 0) is 60.2 Å². The lowest BCUT2D eigenvalue weighted by atomic mass is 9.78. The van der Waals surface area contributed by atoms with Gasteiger partial charge in [0.25, 0.3) is 5.91 Å². The Hall–Kier alpha value is -4.24. The number of nitrogens with zero attached hydrogens (tertiary/aromatic N) is 1. The molecule has 2 N–H and O–H groups in total. The van der Waals surface area contributed by atoms with Gasteiger partial charge in [-0.25, -0.2) is 4.79 Å². The molecule has 1 saturated heterocycles. The van der Waals surface area contributed by atoms with Gasteiger partial charge in [0.05, 0.1) is 37.0 Å². The second kappa shape index (κ2) is 14.0. The molecule has 3 aliphatic heterocycles. The fourth-order valence-corrected chi connectivity index (χ4v) is 6.75. The van der Waals surface area contributed by atoms with E-state index in [4.69, 9.17) is 14.2 Å². The third kappa shape index (κ3) is 6.25. The molecule has 3 aliphatic rings. The zero-order valence-electron chi connectivity index (χ0n) is 26.9. The first-order chi connectivity index (χ1) is 22.5. The highest BCUT2D eigenvalue weighted by molar-refractivity contribution is 6.13. The Kier molecular flexibility index (Phi) is 9.68. The van der Waals surface area contributed by atoms with Gasteiger partial charge in [0.1, 0.15) is 11.7 Å². The topological polar surface area (TPSA) is 89.1 Å². The summed E-state index contributed by atoms with van der Waals surface area (Å²) in [6, 6.07) is 23.8. The third-order valence-electron chi connectivity index (χ3n) is 9.08. The molecule has 6 rings (SSSR count). The summed E-state index contributed by atoms with van der Waals surface area (Å²) in [5, 5.41) is 6.83. The summed E-state index contributed by atoms with van der Waals surface area (Å²) in [5.74, 6) is -0.906. The largest absolute Gasteiger partial charge is 0.463 e. The van der Waals surface area contributed by atoms with Crippen LogP contribution in [0.1, 0.15) is 49.1 Å². The number of esters is 1. The van der Waals surface area contributed by atoms with E-state index in [0.717, 1.165) is 73.8 Å². The van der Waals surface area contributed by atoms with E-state index >= 15 is 0 Å². The van der Waals surface area contributed by atoms with Crippen molar-refractivity contribution in [2.24, 2.45) is 0 Å². The van der Waals surface area contributed by atoms with Crippen LogP contribution in [0.5, 0.6) is 0 Å². The predicted molar refractivity (Wildman–Crippen MR) is 180 cm³/mol. The lowest BCUT2D eigenvalue weighted by molar-refractivity contribution is -0.140. The molecule has 3 heterocycles. The second-order valence-corrected chi connectivity index (χ2v) is 11.9. The maximum Gasteiger partial charge on any atom is 0.337 e. The SMILES string of the molecule is CCOC(=O)C1=C(C(=O)Nc2c(CC)cccc2CC)[C@H]2C=C[C@]1([C@@H](Nc1ccccc1)c1ccc(CN3CCOCC3)cc1)O2. The number of ether oxygens (including phenoxy) is 3. The van der Waals surface area contributed by atoms with Gasteiger partial charge in [-0.3, -0.25) is 9.69 Å². The summed E-state index contributed by atoms with van der Waals surface area (Å²) in [4.78, 5) is 30.5. The van der Waals surface area contributed by atoms with Crippen molar-refractivity contribution < 1.29 is 23.8 Å². The number of benzene rings is 3. The molecule has 0 aliphatic carbocycles. The minimum atomic E-state index is -1.27. The van der Waals surface area contributed by atoms with Crippen LogP contribution in [0.3, 0.4) is 0 Å². The van der Waals surface area contributed by atoms with Crippen LogP contribution in [0.2, 0.25) is 0 Å². The molecular formula is C38H43N3O5. The normalized spacial score (nSPS) is 21.3. The molecule has 0 unspecified atom stereocenters. The van der Waals surface area contributed by atoms with Crippen LogP contribution in [0.25, 0.3) is 0 Å². The molecule has 46 heavy (non-hydrogen) atoms. The highest BCUT2D eigenvalue weighted by Gasteiger charge is 2.58. The molecule has 3 aromatic carbocycles. The van der Waals surface area contributed by atoms with E-state index < -0.39 is 23.7 Å². The average molecular weight is 622 g/mol. The Morgan fingerprint density at radius 3 is 2.28 bits per heavy atom. The van der Waals surface area contributed by atoms with Gasteiger partial charge in [-0.15, -0.1) is 0 Å². The fraction of sp³-hybridized carbons (Fsp3) is 0.368. The molecule has 3 aromatic rings. The summed E-state index contributed by atoms with van der Waals surface area (Å²) in [6.45, 7) is 10.2. The number of anilines is 2. The summed E-state index contributed by atoms with van der Waals surface area (Å²) in [6.07, 6.45) is 4.64. The highest BCUT2D eigenvalue weighted by atomic mass is 16.5. The molecular weight excluding hydrogens is 578 g/mol. The van der Waals surface area contributed by atoms with Gasteiger partial charge in [-0.1, -0.05) is 80.6 Å². The number of rotatable bonds is 12. The van der Waals surface area contributed by atoms with E-state index in [9.17, 15) is 9.59 Å². The fourth-order valence-electron chi connectivity index (χ4n) is 6.75. The molecule has 8 heteroatoms. The number of nitrogens with one attached hydrogen (secondary N) is 2. The highest BCUT2D eigenvalue weighted by Crippen LogP contribution is 2.51. The Morgan fingerprint density at radius 2 is 1.63 bits per heavy atom. The maximum absolute atomic E-state index is 14.2. The zero-order chi connectivity index (χ0) is 32.1. The van der Waals surface area contributed by atoms with Crippen molar-refractivity contribution in [3.8, 4) is 0 Å². The van der Waals surface area contributed by atoms with Crippen molar-refractivity contribution in [2.75, 3.05) is 43.5 Å². The van der Waals surface area contributed by atoms with Gasteiger partial charge in [0.2, 0.25) is 0 Å². The van der Waals surface area contributed by atoms with Gasteiger partial charge >= 0.3 is 5.97 Å².